The number of carbonyl (C=O) groups is 2. The molecule has 1 atom stereocenters. The van der Waals surface area contributed by atoms with Crippen LogP contribution < -0.4 is 14.7 Å². The average molecular weight is 521 g/mol. The number of fused-ring (bicyclic) bond motifs is 1. The van der Waals surface area contributed by atoms with E-state index in [1.54, 1.807) is 0 Å². The van der Waals surface area contributed by atoms with E-state index < -0.39 is 5.97 Å². The van der Waals surface area contributed by atoms with E-state index in [-0.39, 0.29) is 24.8 Å². The fourth-order valence-electron chi connectivity index (χ4n) is 6.12. The lowest BCUT2D eigenvalue weighted by Crippen LogP contribution is -2.46. The number of amides is 1. The number of nitrogens with zero attached hydrogens (tertiary/aromatic N) is 4. The molecule has 1 aliphatic carbocycles. The van der Waals surface area contributed by atoms with Crippen molar-refractivity contribution in [3.63, 3.8) is 0 Å². The van der Waals surface area contributed by atoms with Crippen LogP contribution in [0.5, 0.6) is 0 Å². The number of ether oxygens (including phenoxy) is 1. The number of aliphatic carboxylic acids is 1. The molecule has 2 aromatic rings. The van der Waals surface area contributed by atoms with Gasteiger partial charge in [0.15, 0.2) is 0 Å². The highest BCUT2D eigenvalue weighted by molar-refractivity contribution is 5.95. The highest BCUT2D eigenvalue weighted by Gasteiger charge is 2.32. The Balaban J connectivity index is 1.43. The number of hydrogen-bond donors (Lipinski definition) is 1. The van der Waals surface area contributed by atoms with E-state index in [9.17, 15) is 14.7 Å². The predicted octanol–water partition coefficient (Wildman–Crippen LogP) is 3.34. The maximum absolute atomic E-state index is 13.6. The lowest BCUT2D eigenvalue weighted by molar-refractivity contribution is -0.138. The molecule has 8 nitrogen and oxygen atoms in total. The second-order valence-electron chi connectivity index (χ2n) is 10.8. The Morgan fingerprint density at radius 1 is 0.921 bits per heavy atom. The van der Waals surface area contributed by atoms with Crippen molar-refractivity contribution in [3.05, 3.63) is 53.1 Å². The quantitative estimate of drug-likeness (QED) is 0.600. The molecule has 3 aliphatic rings. The van der Waals surface area contributed by atoms with Crippen LogP contribution in [-0.4, -0.2) is 87.5 Å². The number of likely N-dealkylation sites (N-methyl/N-ethyl adjacent to an activating group) is 1. The molecule has 1 unspecified atom stereocenters. The first kappa shape index (κ1) is 26.5. The minimum atomic E-state index is -0.942. The highest BCUT2D eigenvalue weighted by Crippen LogP contribution is 2.37. The molecule has 2 aliphatic heterocycles. The smallest absolute Gasteiger partial charge is 0.303 e. The van der Waals surface area contributed by atoms with Crippen molar-refractivity contribution in [2.75, 3.05) is 74.2 Å². The summed E-state index contributed by atoms with van der Waals surface area (Å²) in [4.78, 5) is 33.9. The van der Waals surface area contributed by atoms with Gasteiger partial charge in [-0.05, 0) is 80.3 Å². The van der Waals surface area contributed by atoms with Crippen LogP contribution in [0.1, 0.15) is 36.0 Å². The largest absolute Gasteiger partial charge is 0.481 e. The van der Waals surface area contributed by atoms with Crippen LogP contribution in [0.3, 0.4) is 0 Å². The van der Waals surface area contributed by atoms with E-state index in [0.29, 0.717) is 0 Å². The van der Waals surface area contributed by atoms with Gasteiger partial charge in [-0.2, -0.15) is 0 Å². The number of morpholine rings is 1. The lowest BCUT2D eigenvalue weighted by atomic mass is 9.83. The number of piperazine rings is 1. The van der Waals surface area contributed by atoms with Gasteiger partial charge >= 0.3 is 5.97 Å². The molecule has 38 heavy (non-hydrogen) atoms. The first-order valence-corrected chi connectivity index (χ1v) is 13.9. The summed E-state index contributed by atoms with van der Waals surface area (Å²) in [6.07, 6.45) is 2.41. The van der Waals surface area contributed by atoms with Gasteiger partial charge in [0.1, 0.15) is 0 Å². The zero-order valence-corrected chi connectivity index (χ0v) is 22.7. The van der Waals surface area contributed by atoms with Gasteiger partial charge in [0, 0.05) is 68.8 Å². The number of carboxylic acids is 1. The van der Waals surface area contributed by atoms with Crippen molar-refractivity contribution in [2.45, 2.75) is 45.1 Å². The summed E-state index contributed by atoms with van der Waals surface area (Å²) in [5, 5.41) is 9.27. The molecule has 2 heterocycles. The van der Waals surface area contributed by atoms with Crippen molar-refractivity contribution < 1.29 is 19.4 Å². The van der Waals surface area contributed by atoms with Crippen molar-refractivity contribution in [2.24, 2.45) is 0 Å². The molecule has 2 fully saturated rings. The Labute approximate surface area is 225 Å². The molecule has 2 aromatic carbocycles. The summed E-state index contributed by atoms with van der Waals surface area (Å²) in [7, 11) is 2.17. The van der Waals surface area contributed by atoms with E-state index in [1.165, 1.54) is 22.4 Å². The molecule has 5 rings (SSSR count). The normalized spacial score (nSPS) is 20.2. The van der Waals surface area contributed by atoms with Crippen molar-refractivity contribution in [1.29, 1.82) is 0 Å². The SMILES string of the molecule is Cc1ccc(N2CCN(C)CC2)c2c1CCC(N(C(=O)CCC(=O)O)c1ccc(N3CCOCC3)cc1)C2. The average Bonchev–Trinajstić information content (AvgIpc) is 2.94. The molecule has 8 heteroatoms. The fraction of sp³-hybridized carbons (Fsp3) is 0.533. The van der Waals surface area contributed by atoms with Gasteiger partial charge < -0.3 is 29.4 Å². The van der Waals surface area contributed by atoms with Crippen molar-refractivity contribution >= 4 is 28.9 Å². The monoisotopic (exact) mass is 520 g/mol. The van der Waals surface area contributed by atoms with E-state index >= 15 is 0 Å². The molecule has 0 spiro atoms. The number of rotatable bonds is 7. The van der Waals surface area contributed by atoms with Crippen LogP contribution in [0.25, 0.3) is 0 Å². The van der Waals surface area contributed by atoms with Crippen LogP contribution >= 0.6 is 0 Å². The van der Waals surface area contributed by atoms with Crippen molar-refractivity contribution in [3.8, 4) is 0 Å². The van der Waals surface area contributed by atoms with Crippen LogP contribution in [0, 0.1) is 6.92 Å². The molecular formula is C30H40N4O4. The topological polar surface area (TPSA) is 76.6 Å². The molecule has 204 valence electrons. The molecule has 1 amide bonds. The first-order valence-electron chi connectivity index (χ1n) is 13.9. The van der Waals surface area contributed by atoms with E-state index in [2.05, 4.69) is 52.9 Å². The molecular weight excluding hydrogens is 480 g/mol. The van der Waals surface area contributed by atoms with Gasteiger partial charge in [-0.25, -0.2) is 0 Å². The zero-order chi connectivity index (χ0) is 26.6. The second-order valence-corrected chi connectivity index (χ2v) is 10.8. The minimum Gasteiger partial charge on any atom is -0.481 e. The summed E-state index contributed by atoms with van der Waals surface area (Å²) in [6, 6.07) is 12.7. The van der Waals surface area contributed by atoms with E-state index in [4.69, 9.17) is 4.74 Å². The summed E-state index contributed by atoms with van der Waals surface area (Å²) in [5.74, 6) is -1.06. The minimum absolute atomic E-state index is 0.00302. The third-order valence-electron chi connectivity index (χ3n) is 8.34. The predicted molar refractivity (Wildman–Crippen MR) is 151 cm³/mol. The summed E-state index contributed by atoms with van der Waals surface area (Å²) >= 11 is 0. The number of aryl methyl sites for hydroxylation is 1. The van der Waals surface area contributed by atoms with Crippen LogP contribution in [0.2, 0.25) is 0 Å². The Hall–Kier alpha value is -3.10. The molecule has 1 N–H and O–H groups in total. The van der Waals surface area contributed by atoms with Crippen LogP contribution in [-0.2, 0) is 27.2 Å². The standard InChI is InChI=1S/C30H40N4O4/c1-22-3-10-28(33-15-13-31(2)14-16-33)27-21-25(8-9-26(22)27)34(29(35)11-12-30(36)37)24-6-4-23(5-7-24)32-17-19-38-20-18-32/h3-7,10,25H,8-9,11-21H2,1-2H3,(H,36,37). The second kappa shape index (κ2) is 11.7. The number of anilines is 3. The molecule has 0 aromatic heterocycles. The number of carbonyl (C=O) groups excluding carboxylic acids is 1. The van der Waals surface area contributed by atoms with Gasteiger partial charge in [0.05, 0.1) is 19.6 Å². The molecule has 0 saturated carbocycles. The maximum atomic E-state index is 13.6. The number of benzene rings is 2. The van der Waals surface area contributed by atoms with Crippen LogP contribution in [0.15, 0.2) is 36.4 Å². The fourth-order valence-corrected chi connectivity index (χ4v) is 6.12. The third kappa shape index (κ3) is 5.81. The first-order chi connectivity index (χ1) is 18.4. The highest BCUT2D eigenvalue weighted by atomic mass is 16.5. The Morgan fingerprint density at radius 3 is 2.32 bits per heavy atom. The van der Waals surface area contributed by atoms with Gasteiger partial charge in [-0.1, -0.05) is 6.07 Å². The Morgan fingerprint density at radius 2 is 1.63 bits per heavy atom. The zero-order valence-electron chi connectivity index (χ0n) is 22.7. The Kier molecular flexibility index (Phi) is 8.19. The van der Waals surface area contributed by atoms with Crippen LogP contribution in [0.4, 0.5) is 17.1 Å². The molecule has 0 radical (unpaired) electrons. The van der Waals surface area contributed by atoms with Gasteiger partial charge in [0.25, 0.3) is 0 Å². The number of carboxylic acid groups (broad SMARTS) is 1. The lowest BCUT2D eigenvalue weighted by Gasteiger charge is -2.40. The summed E-state index contributed by atoms with van der Waals surface area (Å²) in [5.41, 5.74) is 7.35. The Bertz CT molecular complexity index is 1140. The summed E-state index contributed by atoms with van der Waals surface area (Å²) in [6.45, 7) is 9.43. The molecule has 2 saturated heterocycles. The van der Waals surface area contributed by atoms with Gasteiger partial charge in [-0.3, -0.25) is 9.59 Å². The van der Waals surface area contributed by atoms with Gasteiger partial charge in [-0.15, -0.1) is 0 Å². The summed E-state index contributed by atoms with van der Waals surface area (Å²) < 4.78 is 5.49. The van der Waals surface area contributed by atoms with Gasteiger partial charge in [0.2, 0.25) is 5.91 Å². The molecule has 0 bridgehead atoms. The van der Waals surface area contributed by atoms with E-state index in [0.717, 1.165) is 83.1 Å². The van der Waals surface area contributed by atoms with E-state index in [1.807, 2.05) is 17.0 Å². The third-order valence-corrected chi connectivity index (χ3v) is 8.34. The van der Waals surface area contributed by atoms with Crippen molar-refractivity contribution in [1.82, 2.24) is 4.90 Å². The number of hydrogen-bond acceptors (Lipinski definition) is 6. The maximum Gasteiger partial charge on any atom is 0.303 e.